The van der Waals surface area contributed by atoms with E-state index in [4.69, 9.17) is 4.74 Å². The molecule has 1 spiro atoms. The molecule has 1 atom stereocenters. The van der Waals surface area contributed by atoms with Crippen LogP contribution < -0.4 is 0 Å². The summed E-state index contributed by atoms with van der Waals surface area (Å²) in [6, 6.07) is 6.30. The zero-order valence-corrected chi connectivity index (χ0v) is 15.3. The molecule has 138 valence electrons. The average molecular weight is 357 g/mol. The molecule has 0 saturated carbocycles. The van der Waals surface area contributed by atoms with E-state index < -0.39 is 0 Å². The standard InChI is InChI=1S/C20H24FN3O2/c1-14-18(15(2)24(22-14)17-5-3-16(21)4-6-17)11-23-12-20(8-7-19(23)25)9-10-26-13-20/h3-6H,7-13H2,1-2H3. The highest BCUT2D eigenvalue weighted by molar-refractivity contribution is 5.77. The molecule has 6 heteroatoms. The Kier molecular flexibility index (Phi) is 4.31. The number of piperidine rings is 1. The van der Waals surface area contributed by atoms with Crippen LogP contribution in [0.25, 0.3) is 5.69 Å². The topological polar surface area (TPSA) is 47.4 Å². The average Bonchev–Trinajstić information content (AvgIpc) is 3.19. The van der Waals surface area contributed by atoms with Gasteiger partial charge in [0.15, 0.2) is 0 Å². The quantitative estimate of drug-likeness (QED) is 0.848. The molecule has 1 aromatic carbocycles. The minimum absolute atomic E-state index is 0.128. The molecule has 1 aromatic heterocycles. The summed E-state index contributed by atoms with van der Waals surface area (Å²) in [6.45, 7) is 6.84. The van der Waals surface area contributed by atoms with Gasteiger partial charge in [-0.25, -0.2) is 9.07 Å². The highest BCUT2D eigenvalue weighted by Crippen LogP contribution is 2.38. The van der Waals surface area contributed by atoms with Crippen molar-refractivity contribution in [3.8, 4) is 5.69 Å². The first kappa shape index (κ1) is 17.2. The lowest BCUT2D eigenvalue weighted by molar-refractivity contribution is -0.138. The molecule has 0 N–H and O–H groups in total. The Morgan fingerprint density at radius 1 is 1.23 bits per heavy atom. The lowest BCUT2D eigenvalue weighted by Crippen LogP contribution is -2.46. The molecule has 2 fully saturated rings. The Hall–Kier alpha value is -2.21. The van der Waals surface area contributed by atoms with E-state index in [9.17, 15) is 9.18 Å². The van der Waals surface area contributed by atoms with Crippen LogP contribution in [0.4, 0.5) is 4.39 Å². The normalized spacial score (nSPS) is 23.2. The Bertz CT molecular complexity index is 822. The van der Waals surface area contributed by atoms with Crippen molar-refractivity contribution in [2.24, 2.45) is 5.41 Å². The molecule has 2 saturated heterocycles. The lowest BCUT2D eigenvalue weighted by atomic mass is 9.79. The van der Waals surface area contributed by atoms with Crippen molar-refractivity contribution in [2.45, 2.75) is 39.7 Å². The second-order valence-corrected chi connectivity index (χ2v) is 7.59. The van der Waals surface area contributed by atoms with E-state index in [1.165, 1.54) is 12.1 Å². The summed E-state index contributed by atoms with van der Waals surface area (Å²) in [7, 11) is 0. The molecular formula is C20H24FN3O2. The van der Waals surface area contributed by atoms with Gasteiger partial charge in [0, 0.05) is 42.8 Å². The smallest absolute Gasteiger partial charge is 0.222 e. The zero-order chi connectivity index (χ0) is 18.3. The molecule has 0 radical (unpaired) electrons. The van der Waals surface area contributed by atoms with Gasteiger partial charge in [0.25, 0.3) is 0 Å². The van der Waals surface area contributed by atoms with E-state index in [2.05, 4.69) is 5.10 Å². The van der Waals surface area contributed by atoms with Gasteiger partial charge in [-0.15, -0.1) is 0 Å². The van der Waals surface area contributed by atoms with Crippen LogP contribution in [0, 0.1) is 25.1 Å². The molecule has 0 aliphatic carbocycles. The zero-order valence-electron chi connectivity index (χ0n) is 15.3. The van der Waals surface area contributed by atoms with Crippen LogP contribution in [0.15, 0.2) is 24.3 Å². The predicted molar refractivity (Wildman–Crippen MR) is 95.5 cm³/mol. The van der Waals surface area contributed by atoms with Crippen LogP contribution in [0.1, 0.15) is 36.2 Å². The van der Waals surface area contributed by atoms with Gasteiger partial charge in [-0.2, -0.15) is 5.10 Å². The van der Waals surface area contributed by atoms with Gasteiger partial charge in [0.05, 0.1) is 18.0 Å². The van der Waals surface area contributed by atoms with Gasteiger partial charge < -0.3 is 9.64 Å². The third-order valence-electron chi connectivity index (χ3n) is 5.79. The molecule has 2 aliphatic rings. The number of likely N-dealkylation sites (tertiary alicyclic amines) is 1. The fraction of sp³-hybridized carbons (Fsp3) is 0.500. The molecule has 26 heavy (non-hydrogen) atoms. The summed E-state index contributed by atoms with van der Waals surface area (Å²) >= 11 is 0. The summed E-state index contributed by atoms with van der Waals surface area (Å²) in [4.78, 5) is 14.5. The van der Waals surface area contributed by atoms with E-state index in [0.717, 1.165) is 55.2 Å². The van der Waals surface area contributed by atoms with Gasteiger partial charge in [0.1, 0.15) is 5.82 Å². The third-order valence-corrected chi connectivity index (χ3v) is 5.79. The number of ether oxygens (including phenoxy) is 1. The van der Waals surface area contributed by atoms with Crippen molar-refractivity contribution >= 4 is 5.91 Å². The molecule has 5 nitrogen and oxygen atoms in total. The number of aryl methyl sites for hydroxylation is 1. The number of carbonyl (C=O) groups excluding carboxylic acids is 1. The van der Waals surface area contributed by atoms with E-state index in [0.29, 0.717) is 13.0 Å². The maximum atomic E-state index is 13.2. The Balaban J connectivity index is 1.60. The van der Waals surface area contributed by atoms with Crippen molar-refractivity contribution in [1.29, 1.82) is 0 Å². The Labute approximate surface area is 152 Å². The van der Waals surface area contributed by atoms with Crippen LogP contribution in [-0.2, 0) is 16.1 Å². The van der Waals surface area contributed by atoms with Crippen LogP contribution in [-0.4, -0.2) is 40.3 Å². The number of hydrogen-bond acceptors (Lipinski definition) is 3. The first-order valence-electron chi connectivity index (χ1n) is 9.14. The maximum Gasteiger partial charge on any atom is 0.222 e. The van der Waals surface area contributed by atoms with Gasteiger partial charge in [-0.3, -0.25) is 4.79 Å². The highest BCUT2D eigenvalue weighted by atomic mass is 19.1. The van der Waals surface area contributed by atoms with Gasteiger partial charge in [-0.05, 0) is 51.0 Å². The Morgan fingerprint density at radius 3 is 2.69 bits per heavy atom. The molecule has 2 aromatic rings. The van der Waals surface area contributed by atoms with Crippen LogP contribution in [0.2, 0.25) is 0 Å². The molecule has 1 unspecified atom stereocenters. The van der Waals surface area contributed by atoms with E-state index >= 15 is 0 Å². The number of hydrogen-bond donors (Lipinski definition) is 0. The number of nitrogens with zero attached hydrogens (tertiary/aromatic N) is 3. The summed E-state index contributed by atoms with van der Waals surface area (Å²) in [6.07, 6.45) is 2.55. The molecular weight excluding hydrogens is 333 g/mol. The van der Waals surface area contributed by atoms with Gasteiger partial charge >= 0.3 is 0 Å². The second-order valence-electron chi connectivity index (χ2n) is 7.59. The van der Waals surface area contributed by atoms with E-state index in [1.807, 2.05) is 23.4 Å². The highest BCUT2D eigenvalue weighted by Gasteiger charge is 2.41. The third kappa shape index (κ3) is 3.03. The largest absolute Gasteiger partial charge is 0.381 e. The van der Waals surface area contributed by atoms with E-state index in [-0.39, 0.29) is 17.1 Å². The summed E-state index contributed by atoms with van der Waals surface area (Å²) in [5.74, 6) is -0.0608. The van der Waals surface area contributed by atoms with Crippen molar-refractivity contribution < 1.29 is 13.9 Å². The molecule has 2 aliphatic heterocycles. The maximum absolute atomic E-state index is 13.2. The van der Waals surface area contributed by atoms with Crippen LogP contribution in [0.3, 0.4) is 0 Å². The Morgan fingerprint density at radius 2 is 2.00 bits per heavy atom. The second kappa shape index (κ2) is 6.50. The first-order valence-corrected chi connectivity index (χ1v) is 9.14. The fourth-order valence-corrected chi connectivity index (χ4v) is 4.15. The molecule has 1 amide bonds. The van der Waals surface area contributed by atoms with Crippen LogP contribution >= 0.6 is 0 Å². The molecule has 3 heterocycles. The number of carbonyl (C=O) groups is 1. The summed E-state index contributed by atoms with van der Waals surface area (Å²) in [5, 5.41) is 4.62. The lowest BCUT2D eigenvalue weighted by Gasteiger charge is -2.39. The first-order chi connectivity index (χ1) is 12.5. The number of halogens is 1. The van der Waals surface area contributed by atoms with Gasteiger partial charge in [0.2, 0.25) is 5.91 Å². The minimum atomic E-state index is -0.265. The van der Waals surface area contributed by atoms with Crippen molar-refractivity contribution in [1.82, 2.24) is 14.7 Å². The fourth-order valence-electron chi connectivity index (χ4n) is 4.15. The minimum Gasteiger partial charge on any atom is -0.381 e. The SMILES string of the molecule is Cc1nn(-c2ccc(F)cc2)c(C)c1CN1CC2(CCOC2)CCC1=O. The predicted octanol–water partition coefficient (Wildman–Crippen LogP) is 3.16. The van der Waals surface area contributed by atoms with Crippen LogP contribution in [0.5, 0.6) is 0 Å². The summed E-state index contributed by atoms with van der Waals surface area (Å²) < 4.78 is 20.6. The number of aromatic nitrogens is 2. The number of benzene rings is 1. The van der Waals surface area contributed by atoms with E-state index in [1.54, 1.807) is 12.1 Å². The van der Waals surface area contributed by atoms with Crippen molar-refractivity contribution in [3.05, 3.63) is 47.0 Å². The molecule has 0 bridgehead atoms. The monoisotopic (exact) mass is 357 g/mol. The number of amides is 1. The van der Waals surface area contributed by atoms with Crippen molar-refractivity contribution in [2.75, 3.05) is 19.8 Å². The van der Waals surface area contributed by atoms with Crippen molar-refractivity contribution in [3.63, 3.8) is 0 Å². The number of rotatable bonds is 3. The van der Waals surface area contributed by atoms with Gasteiger partial charge in [-0.1, -0.05) is 0 Å². The summed E-state index contributed by atoms with van der Waals surface area (Å²) in [5.41, 5.74) is 3.91. The molecule has 4 rings (SSSR count).